The minimum absolute atomic E-state index is 0.135. The van der Waals surface area contributed by atoms with Gasteiger partial charge in [-0.05, 0) is 30.2 Å². The standard InChI is InChI=1S/C19H20N4O4S/c1-11(2)15(20-16(24)14-8-5-9-27-14)17(25)21-19-23-22-18(28-19)12-6-4-7-13(10-12)26-3/h4-11,15H,1-3H3,(H,20,24)(H,21,23,25). The van der Waals surface area contributed by atoms with Crippen LogP contribution in [0.25, 0.3) is 10.6 Å². The van der Waals surface area contributed by atoms with Gasteiger partial charge in [0.1, 0.15) is 16.8 Å². The van der Waals surface area contributed by atoms with Crippen LogP contribution in [-0.4, -0.2) is 35.2 Å². The average Bonchev–Trinajstić information content (AvgIpc) is 3.37. The molecule has 0 fully saturated rings. The van der Waals surface area contributed by atoms with Gasteiger partial charge in [-0.3, -0.25) is 14.9 Å². The number of hydrogen-bond donors (Lipinski definition) is 2. The van der Waals surface area contributed by atoms with Crippen LogP contribution >= 0.6 is 11.3 Å². The number of aromatic nitrogens is 2. The first-order valence-corrected chi connectivity index (χ1v) is 9.42. The summed E-state index contributed by atoms with van der Waals surface area (Å²) < 4.78 is 10.3. The third-order valence-corrected chi connectivity index (χ3v) is 4.84. The Morgan fingerprint density at radius 1 is 1.18 bits per heavy atom. The van der Waals surface area contributed by atoms with Crippen LogP contribution < -0.4 is 15.4 Å². The molecule has 1 atom stereocenters. The number of nitrogens with zero attached hydrogens (tertiary/aromatic N) is 2. The number of hydrogen-bond acceptors (Lipinski definition) is 7. The molecule has 0 bridgehead atoms. The summed E-state index contributed by atoms with van der Waals surface area (Å²) in [6.45, 7) is 3.68. The molecule has 0 aliphatic rings. The van der Waals surface area contributed by atoms with Gasteiger partial charge in [0.25, 0.3) is 5.91 Å². The van der Waals surface area contributed by atoms with Gasteiger partial charge in [0.05, 0.1) is 13.4 Å². The van der Waals surface area contributed by atoms with E-state index in [1.807, 2.05) is 38.1 Å². The molecule has 1 unspecified atom stereocenters. The molecule has 8 nitrogen and oxygen atoms in total. The number of nitrogens with one attached hydrogen (secondary N) is 2. The van der Waals surface area contributed by atoms with Gasteiger partial charge in [-0.2, -0.15) is 0 Å². The normalized spacial score (nSPS) is 11.9. The van der Waals surface area contributed by atoms with Gasteiger partial charge in [-0.1, -0.05) is 37.3 Å². The Morgan fingerprint density at radius 3 is 2.68 bits per heavy atom. The average molecular weight is 400 g/mol. The highest BCUT2D eigenvalue weighted by Crippen LogP contribution is 2.28. The largest absolute Gasteiger partial charge is 0.497 e. The summed E-state index contributed by atoms with van der Waals surface area (Å²) in [5.74, 6) is -0.102. The molecule has 0 aliphatic heterocycles. The summed E-state index contributed by atoms with van der Waals surface area (Å²) in [6, 6.07) is 9.81. The van der Waals surface area contributed by atoms with E-state index in [-0.39, 0.29) is 17.6 Å². The minimum Gasteiger partial charge on any atom is -0.497 e. The fourth-order valence-corrected chi connectivity index (χ4v) is 3.23. The first kappa shape index (κ1) is 19.6. The predicted octanol–water partition coefficient (Wildman–Crippen LogP) is 3.20. The molecule has 9 heteroatoms. The van der Waals surface area contributed by atoms with Gasteiger partial charge in [-0.15, -0.1) is 10.2 Å². The molecule has 0 saturated carbocycles. The molecule has 2 heterocycles. The SMILES string of the molecule is COc1cccc(-c2nnc(NC(=O)C(NC(=O)c3ccco3)C(C)C)s2)c1. The topological polar surface area (TPSA) is 106 Å². The van der Waals surface area contributed by atoms with E-state index < -0.39 is 11.9 Å². The lowest BCUT2D eigenvalue weighted by Gasteiger charge is -2.20. The number of carbonyl (C=O) groups excluding carboxylic acids is 2. The Morgan fingerprint density at radius 2 is 2.00 bits per heavy atom. The fraction of sp³-hybridized carbons (Fsp3) is 0.263. The number of carbonyl (C=O) groups is 2. The van der Waals surface area contributed by atoms with Crippen molar-refractivity contribution in [3.63, 3.8) is 0 Å². The Bertz CT molecular complexity index is 953. The Balaban J connectivity index is 1.70. The molecule has 146 valence electrons. The molecule has 2 amide bonds. The zero-order chi connectivity index (χ0) is 20.1. The number of methoxy groups -OCH3 is 1. The lowest BCUT2D eigenvalue weighted by Crippen LogP contribution is -2.47. The molecule has 3 rings (SSSR count). The maximum atomic E-state index is 12.7. The van der Waals surface area contributed by atoms with Crippen LogP contribution in [-0.2, 0) is 4.79 Å². The molecule has 0 radical (unpaired) electrons. The molecule has 0 saturated heterocycles. The molecular formula is C19H20N4O4S. The number of furan rings is 1. The van der Waals surface area contributed by atoms with Gasteiger partial charge in [-0.25, -0.2) is 0 Å². The number of anilines is 1. The minimum atomic E-state index is -0.748. The monoisotopic (exact) mass is 400 g/mol. The quantitative estimate of drug-likeness (QED) is 0.631. The van der Waals surface area contributed by atoms with Crippen LogP contribution in [0.1, 0.15) is 24.4 Å². The highest BCUT2D eigenvalue weighted by atomic mass is 32.1. The van der Waals surface area contributed by atoms with Crippen molar-refractivity contribution in [3.05, 3.63) is 48.4 Å². The number of benzene rings is 1. The van der Waals surface area contributed by atoms with Gasteiger partial charge in [0, 0.05) is 5.56 Å². The zero-order valence-corrected chi connectivity index (χ0v) is 16.4. The van der Waals surface area contributed by atoms with Crippen molar-refractivity contribution >= 4 is 28.3 Å². The smallest absolute Gasteiger partial charge is 0.287 e. The van der Waals surface area contributed by atoms with E-state index in [4.69, 9.17) is 9.15 Å². The second-order valence-electron chi connectivity index (χ2n) is 6.31. The lowest BCUT2D eigenvalue weighted by molar-refractivity contribution is -0.118. The second kappa shape index (κ2) is 8.66. The fourth-order valence-electron chi connectivity index (χ4n) is 2.48. The maximum absolute atomic E-state index is 12.7. The summed E-state index contributed by atoms with van der Waals surface area (Å²) in [5.41, 5.74) is 0.837. The van der Waals surface area contributed by atoms with E-state index in [9.17, 15) is 9.59 Å². The predicted molar refractivity (Wildman–Crippen MR) is 105 cm³/mol. The van der Waals surface area contributed by atoms with Crippen LogP contribution in [0.4, 0.5) is 5.13 Å². The molecule has 1 aromatic carbocycles. The summed E-state index contributed by atoms with van der Waals surface area (Å²) in [7, 11) is 1.59. The first-order chi connectivity index (χ1) is 13.5. The third kappa shape index (κ3) is 4.55. The van der Waals surface area contributed by atoms with Crippen molar-refractivity contribution < 1.29 is 18.7 Å². The van der Waals surface area contributed by atoms with Gasteiger partial charge < -0.3 is 14.5 Å². The number of rotatable bonds is 7. The second-order valence-corrected chi connectivity index (χ2v) is 7.28. The van der Waals surface area contributed by atoms with Crippen molar-refractivity contribution in [2.24, 2.45) is 5.92 Å². The molecular weight excluding hydrogens is 380 g/mol. The summed E-state index contributed by atoms with van der Waals surface area (Å²) in [6.07, 6.45) is 1.40. The zero-order valence-electron chi connectivity index (χ0n) is 15.6. The summed E-state index contributed by atoms with van der Waals surface area (Å²) >= 11 is 1.24. The van der Waals surface area contributed by atoms with Crippen molar-refractivity contribution in [1.29, 1.82) is 0 Å². The highest BCUT2D eigenvalue weighted by molar-refractivity contribution is 7.18. The van der Waals surface area contributed by atoms with E-state index in [1.165, 1.54) is 23.7 Å². The maximum Gasteiger partial charge on any atom is 0.287 e. The van der Waals surface area contributed by atoms with Crippen molar-refractivity contribution in [2.75, 3.05) is 12.4 Å². The molecule has 28 heavy (non-hydrogen) atoms. The number of amides is 2. The first-order valence-electron chi connectivity index (χ1n) is 8.61. The summed E-state index contributed by atoms with van der Waals surface area (Å²) in [4.78, 5) is 24.9. The molecule has 3 aromatic rings. The molecule has 2 N–H and O–H groups in total. The summed E-state index contributed by atoms with van der Waals surface area (Å²) in [5, 5.41) is 14.5. The van der Waals surface area contributed by atoms with E-state index in [0.29, 0.717) is 15.9 Å². The lowest BCUT2D eigenvalue weighted by atomic mass is 10.0. The van der Waals surface area contributed by atoms with E-state index in [1.54, 1.807) is 13.2 Å². The van der Waals surface area contributed by atoms with Gasteiger partial charge >= 0.3 is 0 Å². The van der Waals surface area contributed by atoms with Gasteiger partial charge in [0.2, 0.25) is 11.0 Å². The molecule has 0 aliphatic carbocycles. The Kier molecular flexibility index (Phi) is 6.05. The highest BCUT2D eigenvalue weighted by Gasteiger charge is 2.26. The van der Waals surface area contributed by atoms with Crippen LogP contribution in [0.15, 0.2) is 47.1 Å². The third-order valence-electron chi connectivity index (χ3n) is 3.95. The molecule has 0 spiro atoms. The number of ether oxygens (including phenoxy) is 1. The van der Waals surface area contributed by atoms with Crippen LogP contribution in [0.2, 0.25) is 0 Å². The Labute approximate surface area is 165 Å². The Hall–Kier alpha value is -3.20. The van der Waals surface area contributed by atoms with E-state index in [2.05, 4.69) is 20.8 Å². The van der Waals surface area contributed by atoms with Crippen LogP contribution in [0, 0.1) is 5.92 Å². The molecule has 2 aromatic heterocycles. The van der Waals surface area contributed by atoms with Crippen molar-refractivity contribution in [2.45, 2.75) is 19.9 Å². The van der Waals surface area contributed by atoms with Crippen molar-refractivity contribution in [3.8, 4) is 16.3 Å². The van der Waals surface area contributed by atoms with E-state index >= 15 is 0 Å². The van der Waals surface area contributed by atoms with E-state index in [0.717, 1.165) is 5.56 Å². The van der Waals surface area contributed by atoms with Crippen LogP contribution in [0.3, 0.4) is 0 Å². The van der Waals surface area contributed by atoms with Gasteiger partial charge in [0.15, 0.2) is 5.76 Å². The van der Waals surface area contributed by atoms with Crippen molar-refractivity contribution in [1.82, 2.24) is 15.5 Å². The van der Waals surface area contributed by atoms with Crippen LogP contribution in [0.5, 0.6) is 5.75 Å².